The molecule has 0 heterocycles. The normalized spacial score (nSPS) is 14.4. The number of alkyl carbamates (subject to hydrolysis) is 1. The number of hydrogen-bond acceptors (Lipinski definition) is 3. The van der Waals surface area contributed by atoms with Crippen molar-refractivity contribution in [3.05, 3.63) is 0 Å². The van der Waals surface area contributed by atoms with Crippen LogP contribution in [0.15, 0.2) is 0 Å². The Labute approximate surface area is 98.4 Å². The quantitative estimate of drug-likeness (QED) is 0.783. The van der Waals surface area contributed by atoms with Gasteiger partial charge in [0.05, 0.1) is 6.10 Å². The van der Waals surface area contributed by atoms with Crippen LogP contribution in [0.3, 0.4) is 0 Å². The summed E-state index contributed by atoms with van der Waals surface area (Å²) in [6, 6.07) is 0. The van der Waals surface area contributed by atoms with E-state index >= 15 is 0 Å². The highest BCUT2D eigenvalue weighted by atomic mass is 16.6. The minimum Gasteiger partial charge on any atom is -0.444 e. The fraction of sp³-hybridized carbons (Fsp3) is 0.917. The van der Waals surface area contributed by atoms with Crippen LogP contribution in [0.5, 0.6) is 0 Å². The minimum absolute atomic E-state index is 0.157. The van der Waals surface area contributed by atoms with Gasteiger partial charge >= 0.3 is 6.09 Å². The van der Waals surface area contributed by atoms with Gasteiger partial charge in [0.2, 0.25) is 0 Å². The molecule has 0 saturated carbocycles. The van der Waals surface area contributed by atoms with Crippen LogP contribution in [0.25, 0.3) is 0 Å². The van der Waals surface area contributed by atoms with E-state index in [1.165, 1.54) is 0 Å². The third-order valence-corrected chi connectivity index (χ3v) is 2.09. The van der Waals surface area contributed by atoms with E-state index in [0.717, 1.165) is 0 Å². The first-order chi connectivity index (χ1) is 7.02. The van der Waals surface area contributed by atoms with Crippen molar-refractivity contribution in [1.82, 2.24) is 5.32 Å². The maximum atomic E-state index is 11.3. The molecule has 0 aliphatic heterocycles. The van der Waals surface area contributed by atoms with Crippen LogP contribution in [-0.4, -0.2) is 29.4 Å². The SMILES string of the molecule is CC(C)(C)OC(=O)NCC[C@@H](O)C(C)(C)C. The highest BCUT2D eigenvalue weighted by molar-refractivity contribution is 5.67. The predicted molar refractivity (Wildman–Crippen MR) is 64.3 cm³/mol. The van der Waals surface area contributed by atoms with Gasteiger partial charge < -0.3 is 15.2 Å². The van der Waals surface area contributed by atoms with Gasteiger partial charge in [0.1, 0.15) is 5.60 Å². The van der Waals surface area contributed by atoms with Crippen molar-refractivity contribution in [2.75, 3.05) is 6.54 Å². The zero-order chi connectivity index (χ0) is 13.0. The van der Waals surface area contributed by atoms with E-state index in [9.17, 15) is 9.90 Å². The second-order valence-corrected chi connectivity index (χ2v) is 6.10. The molecule has 2 N–H and O–H groups in total. The summed E-state index contributed by atoms with van der Waals surface area (Å²) in [5.41, 5.74) is -0.637. The van der Waals surface area contributed by atoms with Gasteiger partial charge in [0.25, 0.3) is 0 Å². The molecule has 4 nitrogen and oxygen atoms in total. The third-order valence-electron chi connectivity index (χ3n) is 2.09. The Kier molecular flexibility index (Phi) is 5.26. The van der Waals surface area contributed by atoms with Gasteiger partial charge in [-0.2, -0.15) is 0 Å². The number of ether oxygens (including phenoxy) is 1. The van der Waals surface area contributed by atoms with Crippen LogP contribution in [0, 0.1) is 5.41 Å². The summed E-state index contributed by atoms with van der Waals surface area (Å²) >= 11 is 0. The van der Waals surface area contributed by atoms with Gasteiger partial charge in [-0.3, -0.25) is 0 Å². The summed E-state index contributed by atoms with van der Waals surface area (Å²) in [6.45, 7) is 11.8. The van der Waals surface area contributed by atoms with E-state index in [1.807, 2.05) is 41.5 Å². The number of carbonyl (C=O) groups excluding carboxylic acids is 1. The Hall–Kier alpha value is -0.770. The van der Waals surface area contributed by atoms with Crippen LogP contribution in [0.1, 0.15) is 48.0 Å². The average Bonchev–Trinajstić information content (AvgIpc) is 1.98. The third kappa shape index (κ3) is 7.51. The molecule has 1 atom stereocenters. The van der Waals surface area contributed by atoms with E-state index < -0.39 is 17.8 Å². The lowest BCUT2D eigenvalue weighted by atomic mass is 9.87. The molecule has 16 heavy (non-hydrogen) atoms. The van der Waals surface area contributed by atoms with E-state index in [2.05, 4.69) is 5.32 Å². The number of amides is 1. The maximum absolute atomic E-state index is 11.3. The summed E-state index contributed by atoms with van der Waals surface area (Å²) in [4.78, 5) is 11.3. The van der Waals surface area contributed by atoms with Crippen molar-refractivity contribution in [1.29, 1.82) is 0 Å². The number of aliphatic hydroxyl groups is 1. The molecule has 1 amide bonds. The molecule has 0 saturated heterocycles. The first-order valence-electron chi connectivity index (χ1n) is 5.67. The molecule has 0 rings (SSSR count). The van der Waals surface area contributed by atoms with Crippen LogP contribution in [-0.2, 0) is 4.74 Å². The smallest absolute Gasteiger partial charge is 0.407 e. The minimum atomic E-state index is -0.479. The van der Waals surface area contributed by atoms with Crippen molar-refractivity contribution in [3.8, 4) is 0 Å². The zero-order valence-corrected chi connectivity index (χ0v) is 11.3. The molecule has 0 aromatic rings. The van der Waals surface area contributed by atoms with E-state index in [1.54, 1.807) is 0 Å². The Morgan fingerprint density at radius 1 is 1.25 bits per heavy atom. The number of aliphatic hydroxyl groups excluding tert-OH is 1. The fourth-order valence-electron chi connectivity index (χ4n) is 1.06. The van der Waals surface area contributed by atoms with Crippen LogP contribution in [0.2, 0.25) is 0 Å². The summed E-state index contributed by atoms with van der Waals surface area (Å²) < 4.78 is 5.07. The zero-order valence-electron chi connectivity index (χ0n) is 11.3. The molecule has 0 radical (unpaired) electrons. The molecule has 0 aromatic carbocycles. The van der Waals surface area contributed by atoms with Gasteiger partial charge in [-0.05, 0) is 32.6 Å². The molecule has 0 spiro atoms. The number of hydrogen-bond donors (Lipinski definition) is 2. The second-order valence-electron chi connectivity index (χ2n) is 6.10. The molecule has 0 aliphatic rings. The first-order valence-corrected chi connectivity index (χ1v) is 5.67. The lowest BCUT2D eigenvalue weighted by molar-refractivity contribution is 0.0436. The standard InChI is InChI=1S/C12H25NO3/c1-11(2,3)9(14)7-8-13-10(15)16-12(4,5)6/h9,14H,7-8H2,1-6H3,(H,13,15)/t9-/m1/s1. The highest BCUT2D eigenvalue weighted by Crippen LogP contribution is 2.20. The van der Waals surface area contributed by atoms with Crippen molar-refractivity contribution in [2.45, 2.75) is 59.7 Å². The predicted octanol–water partition coefficient (Wildman–Crippen LogP) is 2.31. The van der Waals surface area contributed by atoms with Crippen LogP contribution in [0.4, 0.5) is 4.79 Å². The molecule has 0 bridgehead atoms. The lowest BCUT2D eigenvalue weighted by Crippen LogP contribution is -2.36. The maximum Gasteiger partial charge on any atom is 0.407 e. The van der Waals surface area contributed by atoms with Crippen LogP contribution >= 0.6 is 0 Å². The molecule has 0 fully saturated rings. The fourth-order valence-corrected chi connectivity index (χ4v) is 1.06. The van der Waals surface area contributed by atoms with Crippen LogP contribution < -0.4 is 5.32 Å². The topological polar surface area (TPSA) is 58.6 Å². The first kappa shape index (κ1) is 15.2. The Morgan fingerprint density at radius 3 is 2.12 bits per heavy atom. The van der Waals surface area contributed by atoms with Gasteiger partial charge in [0.15, 0.2) is 0 Å². The average molecular weight is 231 g/mol. The monoisotopic (exact) mass is 231 g/mol. The lowest BCUT2D eigenvalue weighted by Gasteiger charge is -2.26. The van der Waals surface area contributed by atoms with Crippen molar-refractivity contribution < 1.29 is 14.6 Å². The summed E-state index contributed by atoms with van der Waals surface area (Å²) in [6.07, 6.45) is -0.334. The van der Waals surface area contributed by atoms with E-state index in [4.69, 9.17) is 4.74 Å². The molecule has 0 aliphatic carbocycles. The highest BCUT2D eigenvalue weighted by Gasteiger charge is 2.22. The number of rotatable bonds is 3. The van der Waals surface area contributed by atoms with Crippen molar-refractivity contribution >= 4 is 6.09 Å². The van der Waals surface area contributed by atoms with E-state index in [-0.39, 0.29) is 5.41 Å². The molecular weight excluding hydrogens is 206 g/mol. The molecular formula is C12H25NO3. The number of carbonyl (C=O) groups is 1. The molecule has 4 heteroatoms. The van der Waals surface area contributed by atoms with Crippen molar-refractivity contribution in [3.63, 3.8) is 0 Å². The van der Waals surface area contributed by atoms with Gasteiger partial charge in [-0.25, -0.2) is 4.79 Å². The van der Waals surface area contributed by atoms with Gasteiger partial charge in [-0.1, -0.05) is 20.8 Å². The Balaban J connectivity index is 3.79. The summed E-state index contributed by atoms with van der Waals surface area (Å²) in [7, 11) is 0. The molecule has 0 aromatic heterocycles. The van der Waals surface area contributed by atoms with Gasteiger partial charge in [-0.15, -0.1) is 0 Å². The van der Waals surface area contributed by atoms with Gasteiger partial charge in [0, 0.05) is 6.54 Å². The van der Waals surface area contributed by atoms with E-state index in [0.29, 0.717) is 13.0 Å². The summed E-state index contributed by atoms with van der Waals surface area (Å²) in [5.74, 6) is 0. The Bertz CT molecular complexity index is 225. The molecule has 0 unspecified atom stereocenters. The second kappa shape index (κ2) is 5.53. The molecule has 96 valence electrons. The van der Waals surface area contributed by atoms with Crippen molar-refractivity contribution in [2.24, 2.45) is 5.41 Å². The number of nitrogens with one attached hydrogen (secondary N) is 1. The summed E-state index contributed by atoms with van der Waals surface area (Å²) in [5, 5.41) is 12.4. The largest absolute Gasteiger partial charge is 0.444 e. The Morgan fingerprint density at radius 2 is 1.75 bits per heavy atom.